The van der Waals surface area contributed by atoms with Gasteiger partial charge in [0.2, 0.25) is 15.9 Å². The highest BCUT2D eigenvalue weighted by molar-refractivity contribution is 7.89. The number of rotatable bonds is 3. The number of amides is 1. The van der Waals surface area contributed by atoms with Crippen LogP contribution in [0.25, 0.3) is 0 Å². The van der Waals surface area contributed by atoms with Gasteiger partial charge in [0.05, 0.1) is 4.90 Å². The lowest BCUT2D eigenvalue weighted by molar-refractivity contribution is -0.132. The van der Waals surface area contributed by atoms with E-state index in [4.69, 9.17) is 0 Å². The van der Waals surface area contributed by atoms with Gasteiger partial charge in [-0.05, 0) is 37.1 Å². The van der Waals surface area contributed by atoms with Crippen LogP contribution in [-0.2, 0) is 14.8 Å². The van der Waals surface area contributed by atoms with E-state index in [0.717, 1.165) is 11.1 Å². The van der Waals surface area contributed by atoms with Gasteiger partial charge in [0.25, 0.3) is 0 Å². The Morgan fingerprint density at radius 1 is 1.10 bits per heavy atom. The molecule has 0 unspecified atom stereocenters. The van der Waals surface area contributed by atoms with Crippen molar-refractivity contribution in [1.82, 2.24) is 9.21 Å². The van der Waals surface area contributed by atoms with Crippen LogP contribution in [0.5, 0.6) is 0 Å². The minimum Gasteiger partial charge on any atom is -0.340 e. The first kappa shape index (κ1) is 16.0. The Morgan fingerprint density at radius 3 is 2.24 bits per heavy atom. The van der Waals surface area contributed by atoms with Crippen LogP contribution < -0.4 is 0 Å². The summed E-state index contributed by atoms with van der Waals surface area (Å²) in [5.74, 6) is 0.0817. The van der Waals surface area contributed by atoms with E-state index in [9.17, 15) is 13.2 Å². The van der Waals surface area contributed by atoms with Crippen LogP contribution in [0.1, 0.15) is 24.5 Å². The standard InChI is InChI=1S/C15H22N2O3S/c1-4-15(18)16-7-9-17(10-8-16)21(19,20)14-6-5-12(2)13(3)11-14/h5-6,11H,4,7-10H2,1-3H3. The fourth-order valence-corrected chi connectivity index (χ4v) is 3.93. The van der Waals surface area contributed by atoms with Crippen molar-refractivity contribution in [3.63, 3.8) is 0 Å². The third kappa shape index (κ3) is 3.27. The largest absolute Gasteiger partial charge is 0.340 e. The molecule has 1 amide bonds. The summed E-state index contributed by atoms with van der Waals surface area (Å²) in [5, 5.41) is 0. The number of carbonyl (C=O) groups is 1. The molecule has 21 heavy (non-hydrogen) atoms. The van der Waals surface area contributed by atoms with Gasteiger partial charge in [0.15, 0.2) is 0 Å². The number of carbonyl (C=O) groups excluding carboxylic acids is 1. The van der Waals surface area contributed by atoms with Gasteiger partial charge in [0, 0.05) is 32.6 Å². The maximum Gasteiger partial charge on any atom is 0.243 e. The van der Waals surface area contributed by atoms with Crippen LogP contribution in [0.15, 0.2) is 23.1 Å². The Hall–Kier alpha value is -1.40. The molecule has 0 N–H and O–H groups in total. The second-order valence-electron chi connectivity index (χ2n) is 5.38. The molecule has 2 rings (SSSR count). The predicted molar refractivity (Wildman–Crippen MR) is 81.5 cm³/mol. The molecule has 1 aromatic rings. The number of hydrogen-bond donors (Lipinski definition) is 0. The minimum absolute atomic E-state index is 0.0817. The lowest BCUT2D eigenvalue weighted by Gasteiger charge is -2.34. The van der Waals surface area contributed by atoms with Crippen molar-refractivity contribution in [3.05, 3.63) is 29.3 Å². The van der Waals surface area contributed by atoms with Crippen molar-refractivity contribution in [2.75, 3.05) is 26.2 Å². The van der Waals surface area contributed by atoms with Crippen molar-refractivity contribution in [2.24, 2.45) is 0 Å². The fraction of sp³-hybridized carbons (Fsp3) is 0.533. The predicted octanol–water partition coefficient (Wildman–Crippen LogP) is 1.55. The SMILES string of the molecule is CCC(=O)N1CCN(S(=O)(=O)c2ccc(C)c(C)c2)CC1. The van der Waals surface area contributed by atoms with Gasteiger partial charge in [-0.25, -0.2) is 8.42 Å². The van der Waals surface area contributed by atoms with Gasteiger partial charge in [-0.1, -0.05) is 13.0 Å². The molecular formula is C15H22N2O3S. The fourth-order valence-electron chi connectivity index (χ4n) is 2.42. The molecule has 0 aliphatic carbocycles. The van der Waals surface area contributed by atoms with E-state index < -0.39 is 10.0 Å². The molecule has 1 fully saturated rings. The molecule has 0 bridgehead atoms. The summed E-state index contributed by atoms with van der Waals surface area (Å²) in [5.41, 5.74) is 2.04. The average molecular weight is 310 g/mol. The van der Waals surface area contributed by atoms with E-state index in [1.54, 1.807) is 17.0 Å². The molecule has 6 heteroatoms. The number of aryl methyl sites for hydroxylation is 2. The van der Waals surface area contributed by atoms with Crippen LogP contribution in [-0.4, -0.2) is 49.7 Å². The monoisotopic (exact) mass is 310 g/mol. The topological polar surface area (TPSA) is 57.7 Å². The maximum atomic E-state index is 12.6. The zero-order valence-electron chi connectivity index (χ0n) is 12.8. The van der Waals surface area contributed by atoms with E-state index in [1.807, 2.05) is 26.8 Å². The molecule has 0 spiro atoms. The number of hydrogen-bond acceptors (Lipinski definition) is 3. The van der Waals surface area contributed by atoms with Gasteiger partial charge >= 0.3 is 0 Å². The van der Waals surface area contributed by atoms with Crippen molar-refractivity contribution in [2.45, 2.75) is 32.1 Å². The summed E-state index contributed by atoms with van der Waals surface area (Å²) in [4.78, 5) is 13.7. The van der Waals surface area contributed by atoms with E-state index in [2.05, 4.69) is 0 Å². The van der Waals surface area contributed by atoms with E-state index in [-0.39, 0.29) is 5.91 Å². The minimum atomic E-state index is -3.46. The average Bonchev–Trinajstić information content (AvgIpc) is 2.49. The second kappa shape index (κ2) is 6.15. The molecule has 1 saturated heterocycles. The lowest BCUT2D eigenvalue weighted by atomic mass is 10.1. The van der Waals surface area contributed by atoms with Crippen LogP contribution in [0.3, 0.4) is 0 Å². The Labute approximate surface area is 126 Å². The Balaban J connectivity index is 2.14. The maximum absolute atomic E-state index is 12.6. The molecule has 1 heterocycles. The molecule has 5 nitrogen and oxygen atoms in total. The van der Waals surface area contributed by atoms with Gasteiger partial charge in [-0.15, -0.1) is 0 Å². The highest BCUT2D eigenvalue weighted by Gasteiger charge is 2.29. The van der Waals surface area contributed by atoms with Gasteiger partial charge < -0.3 is 4.90 Å². The van der Waals surface area contributed by atoms with Crippen molar-refractivity contribution in [3.8, 4) is 0 Å². The van der Waals surface area contributed by atoms with Gasteiger partial charge in [0.1, 0.15) is 0 Å². The summed E-state index contributed by atoms with van der Waals surface area (Å²) in [6.45, 7) is 7.35. The molecule has 0 radical (unpaired) electrons. The van der Waals surface area contributed by atoms with E-state index >= 15 is 0 Å². The highest BCUT2D eigenvalue weighted by atomic mass is 32.2. The molecule has 0 aromatic heterocycles. The normalized spacial score (nSPS) is 17.0. The summed E-state index contributed by atoms with van der Waals surface area (Å²) >= 11 is 0. The van der Waals surface area contributed by atoms with Crippen LogP contribution in [0, 0.1) is 13.8 Å². The van der Waals surface area contributed by atoms with E-state index in [0.29, 0.717) is 37.5 Å². The zero-order chi connectivity index (χ0) is 15.6. The van der Waals surface area contributed by atoms with Crippen LogP contribution >= 0.6 is 0 Å². The second-order valence-corrected chi connectivity index (χ2v) is 7.32. The third-order valence-corrected chi connectivity index (χ3v) is 5.90. The molecule has 0 saturated carbocycles. The highest BCUT2D eigenvalue weighted by Crippen LogP contribution is 2.20. The first-order chi connectivity index (χ1) is 9.86. The molecular weight excluding hydrogens is 288 g/mol. The Morgan fingerprint density at radius 2 is 1.71 bits per heavy atom. The number of benzene rings is 1. The summed E-state index contributed by atoms with van der Waals surface area (Å²) in [6.07, 6.45) is 0.462. The van der Waals surface area contributed by atoms with Crippen LogP contribution in [0.4, 0.5) is 0 Å². The Kier molecular flexibility index (Phi) is 4.68. The van der Waals surface area contributed by atoms with Gasteiger partial charge in [-0.2, -0.15) is 4.31 Å². The molecule has 1 aromatic carbocycles. The smallest absolute Gasteiger partial charge is 0.243 e. The van der Waals surface area contributed by atoms with E-state index in [1.165, 1.54) is 4.31 Å². The lowest BCUT2D eigenvalue weighted by Crippen LogP contribution is -2.50. The van der Waals surface area contributed by atoms with Crippen molar-refractivity contribution < 1.29 is 13.2 Å². The quantitative estimate of drug-likeness (QED) is 0.851. The first-order valence-electron chi connectivity index (χ1n) is 7.21. The van der Waals surface area contributed by atoms with Crippen LogP contribution in [0.2, 0.25) is 0 Å². The molecule has 1 aliphatic heterocycles. The first-order valence-corrected chi connectivity index (χ1v) is 8.65. The third-order valence-electron chi connectivity index (χ3n) is 4.01. The van der Waals surface area contributed by atoms with Crippen molar-refractivity contribution in [1.29, 1.82) is 0 Å². The molecule has 116 valence electrons. The number of sulfonamides is 1. The summed E-state index contributed by atoms with van der Waals surface area (Å²) in [6, 6.07) is 5.20. The van der Waals surface area contributed by atoms with Gasteiger partial charge in [-0.3, -0.25) is 4.79 Å². The number of piperazine rings is 1. The Bertz CT molecular complexity index is 632. The summed E-state index contributed by atoms with van der Waals surface area (Å²) < 4.78 is 26.7. The molecule has 1 aliphatic rings. The number of nitrogens with zero attached hydrogens (tertiary/aromatic N) is 2. The zero-order valence-corrected chi connectivity index (χ0v) is 13.6. The molecule has 0 atom stereocenters. The van der Waals surface area contributed by atoms with Crippen molar-refractivity contribution >= 4 is 15.9 Å². The summed E-state index contributed by atoms with van der Waals surface area (Å²) in [7, 11) is -3.46.